The van der Waals surface area contributed by atoms with Gasteiger partial charge in [0, 0.05) is 6.61 Å². The van der Waals surface area contributed by atoms with E-state index in [4.69, 9.17) is 5.73 Å². The van der Waals surface area contributed by atoms with Crippen molar-refractivity contribution in [3.8, 4) is 0 Å². The first-order chi connectivity index (χ1) is 5.37. The number of hydrogen-bond acceptors (Lipinski definition) is 2. The van der Waals surface area contributed by atoms with Crippen LogP contribution >= 0.6 is 0 Å². The third-order valence-corrected chi connectivity index (χ3v) is 1.68. The molecule has 74 valence electrons. The maximum atomic E-state index is 12.3. The fraction of sp³-hybridized carbons (Fsp3) is 1.00. The second-order valence-corrected chi connectivity index (χ2v) is 2.70. The first kappa shape index (κ1) is 11.7. The Morgan fingerprint density at radius 1 is 1.33 bits per heavy atom. The summed E-state index contributed by atoms with van der Waals surface area (Å²) in [6.07, 6.45) is -4.55. The Bertz CT molecular complexity index is 129. The fourth-order valence-corrected chi connectivity index (χ4v) is 0.890. The van der Waals surface area contributed by atoms with Gasteiger partial charge in [0.1, 0.15) is 0 Å². The van der Waals surface area contributed by atoms with Gasteiger partial charge in [-0.2, -0.15) is 13.2 Å². The van der Waals surface area contributed by atoms with Crippen LogP contribution in [0.25, 0.3) is 0 Å². The minimum absolute atomic E-state index is 0.0317. The van der Waals surface area contributed by atoms with Crippen LogP contribution in [0.15, 0.2) is 0 Å². The van der Waals surface area contributed by atoms with E-state index in [1.54, 1.807) is 0 Å². The lowest BCUT2D eigenvalue weighted by Gasteiger charge is -2.31. The van der Waals surface area contributed by atoms with Gasteiger partial charge in [-0.3, -0.25) is 0 Å². The summed E-state index contributed by atoms with van der Waals surface area (Å²) < 4.78 is 41.5. The van der Waals surface area contributed by atoms with Crippen LogP contribution in [-0.4, -0.2) is 24.9 Å². The molecular formula is C7H14F3NO. The van der Waals surface area contributed by atoms with E-state index < -0.39 is 11.8 Å². The first-order valence-corrected chi connectivity index (χ1v) is 3.78. The van der Waals surface area contributed by atoms with E-state index >= 15 is 0 Å². The smallest absolute Gasteiger partial charge is 0.366 e. The van der Waals surface area contributed by atoms with E-state index in [9.17, 15) is 13.2 Å². The zero-order chi connectivity index (χ0) is 9.83. The summed E-state index contributed by atoms with van der Waals surface area (Å²) >= 11 is 0. The molecule has 0 aromatic carbocycles. The van der Waals surface area contributed by atoms with Crippen LogP contribution in [-0.2, 0) is 4.74 Å². The largest absolute Gasteiger partial charge is 0.417 e. The molecule has 0 rings (SSSR count). The van der Waals surface area contributed by atoms with Crippen LogP contribution in [0.2, 0.25) is 0 Å². The van der Waals surface area contributed by atoms with Crippen LogP contribution < -0.4 is 5.73 Å². The van der Waals surface area contributed by atoms with Crippen molar-refractivity contribution in [1.82, 2.24) is 0 Å². The third kappa shape index (κ3) is 2.64. The lowest BCUT2D eigenvalue weighted by Crippen LogP contribution is -2.46. The van der Waals surface area contributed by atoms with Gasteiger partial charge in [-0.15, -0.1) is 0 Å². The third-order valence-electron chi connectivity index (χ3n) is 1.68. The molecule has 1 atom stereocenters. The van der Waals surface area contributed by atoms with Crippen LogP contribution in [0.5, 0.6) is 0 Å². The second-order valence-electron chi connectivity index (χ2n) is 2.70. The Hall–Kier alpha value is -0.290. The molecule has 0 bridgehead atoms. The summed E-state index contributed by atoms with van der Waals surface area (Å²) in [6.45, 7) is 2.55. The van der Waals surface area contributed by atoms with E-state index in [0.29, 0.717) is 0 Å². The van der Waals surface area contributed by atoms with Crippen molar-refractivity contribution in [3.63, 3.8) is 0 Å². The Morgan fingerprint density at radius 2 is 1.83 bits per heavy atom. The van der Waals surface area contributed by atoms with E-state index in [0.717, 1.165) is 6.92 Å². The number of hydrogen-bond donors (Lipinski definition) is 1. The fourth-order valence-electron chi connectivity index (χ4n) is 0.890. The molecule has 0 heterocycles. The molecule has 0 radical (unpaired) electrons. The maximum absolute atomic E-state index is 12.3. The van der Waals surface area contributed by atoms with Crippen molar-refractivity contribution >= 4 is 0 Å². The van der Waals surface area contributed by atoms with Gasteiger partial charge < -0.3 is 10.5 Å². The Morgan fingerprint density at radius 3 is 2.08 bits per heavy atom. The van der Waals surface area contributed by atoms with Gasteiger partial charge in [0.2, 0.25) is 0 Å². The van der Waals surface area contributed by atoms with Crippen molar-refractivity contribution < 1.29 is 17.9 Å². The predicted molar refractivity (Wildman–Crippen MR) is 39.8 cm³/mol. The molecular weight excluding hydrogens is 171 g/mol. The normalized spacial score (nSPS) is 17.5. The summed E-state index contributed by atoms with van der Waals surface area (Å²) in [4.78, 5) is 0. The summed E-state index contributed by atoms with van der Waals surface area (Å²) in [5, 5.41) is 0. The molecule has 0 aliphatic carbocycles. The lowest BCUT2D eigenvalue weighted by molar-refractivity contribution is -0.271. The lowest BCUT2D eigenvalue weighted by atomic mass is 10.0. The minimum atomic E-state index is -4.34. The van der Waals surface area contributed by atoms with Gasteiger partial charge in [0.05, 0.1) is 0 Å². The molecule has 1 unspecified atom stereocenters. The van der Waals surface area contributed by atoms with E-state index in [1.165, 1.54) is 6.92 Å². The highest BCUT2D eigenvalue weighted by molar-refractivity contribution is 4.83. The van der Waals surface area contributed by atoms with Crippen molar-refractivity contribution in [3.05, 3.63) is 0 Å². The molecule has 2 nitrogen and oxygen atoms in total. The predicted octanol–water partition coefficient (Wildman–Crippen LogP) is 1.69. The SMILES string of the molecule is CCOC(C)(CCN)C(F)(F)F. The first-order valence-electron chi connectivity index (χ1n) is 3.78. The van der Waals surface area contributed by atoms with Gasteiger partial charge in [0.15, 0.2) is 5.60 Å². The van der Waals surface area contributed by atoms with Crippen LogP contribution in [0.4, 0.5) is 13.2 Å². The Balaban J connectivity index is 4.38. The zero-order valence-electron chi connectivity index (χ0n) is 7.24. The monoisotopic (exact) mass is 185 g/mol. The molecule has 0 amide bonds. The molecule has 0 aliphatic heterocycles. The standard InChI is InChI=1S/C7H14F3NO/c1-3-12-6(2,4-5-11)7(8,9)10/h3-5,11H2,1-2H3. The highest BCUT2D eigenvalue weighted by atomic mass is 19.4. The topological polar surface area (TPSA) is 35.2 Å². The van der Waals surface area contributed by atoms with Crippen molar-refractivity contribution in [1.29, 1.82) is 0 Å². The molecule has 0 fully saturated rings. The Kier molecular flexibility index (Phi) is 3.99. The number of ether oxygens (including phenoxy) is 1. The van der Waals surface area contributed by atoms with Crippen molar-refractivity contribution in [2.24, 2.45) is 5.73 Å². The number of halogens is 3. The summed E-state index contributed by atoms with van der Waals surface area (Å²) in [6, 6.07) is 0. The highest BCUT2D eigenvalue weighted by Crippen LogP contribution is 2.35. The molecule has 0 saturated heterocycles. The van der Waals surface area contributed by atoms with Crippen LogP contribution in [0, 0.1) is 0 Å². The minimum Gasteiger partial charge on any atom is -0.366 e. The molecule has 0 aliphatic rings. The number of alkyl halides is 3. The Labute approximate surface area is 69.9 Å². The van der Waals surface area contributed by atoms with Gasteiger partial charge in [0.25, 0.3) is 0 Å². The van der Waals surface area contributed by atoms with Crippen molar-refractivity contribution in [2.75, 3.05) is 13.2 Å². The molecule has 0 spiro atoms. The number of nitrogens with two attached hydrogens (primary N) is 1. The van der Waals surface area contributed by atoms with Gasteiger partial charge in [-0.25, -0.2) is 0 Å². The summed E-state index contributed by atoms with van der Waals surface area (Å²) in [5.41, 5.74) is 2.97. The maximum Gasteiger partial charge on any atom is 0.417 e. The molecule has 5 heteroatoms. The molecule has 0 aromatic heterocycles. The average molecular weight is 185 g/mol. The summed E-state index contributed by atoms with van der Waals surface area (Å²) in [5.74, 6) is 0. The zero-order valence-corrected chi connectivity index (χ0v) is 7.24. The highest BCUT2D eigenvalue weighted by Gasteiger charge is 2.51. The molecule has 12 heavy (non-hydrogen) atoms. The van der Waals surface area contributed by atoms with Gasteiger partial charge in [-0.1, -0.05) is 0 Å². The second kappa shape index (κ2) is 4.09. The summed E-state index contributed by atoms with van der Waals surface area (Å²) in [7, 11) is 0. The van der Waals surface area contributed by atoms with Crippen LogP contribution in [0.3, 0.4) is 0 Å². The number of rotatable bonds is 4. The van der Waals surface area contributed by atoms with E-state index in [2.05, 4.69) is 4.74 Å². The average Bonchev–Trinajstić information content (AvgIpc) is 1.86. The van der Waals surface area contributed by atoms with Crippen molar-refractivity contribution in [2.45, 2.75) is 32.0 Å². The van der Waals surface area contributed by atoms with Gasteiger partial charge >= 0.3 is 6.18 Å². The van der Waals surface area contributed by atoms with E-state index in [-0.39, 0.29) is 19.6 Å². The van der Waals surface area contributed by atoms with E-state index in [1.807, 2.05) is 0 Å². The van der Waals surface area contributed by atoms with Gasteiger partial charge in [-0.05, 0) is 26.8 Å². The molecule has 2 N–H and O–H groups in total. The van der Waals surface area contributed by atoms with Crippen LogP contribution in [0.1, 0.15) is 20.3 Å². The quantitative estimate of drug-likeness (QED) is 0.723. The molecule has 0 saturated carbocycles. The molecule has 0 aromatic rings.